The zero-order valence-electron chi connectivity index (χ0n) is 11.0. The molecule has 0 aliphatic carbocycles. The molecule has 1 aromatic carbocycles. The first-order valence-electron chi connectivity index (χ1n) is 6.51. The lowest BCUT2D eigenvalue weighted by atomic mass is 9.97. The fraction of sp³-hybridized carbons (Fsp3) is 0.500. The van der Waals surface area contributed by atoms with E-state index in [9.17, 15) is 14.3 Å². The first-order chi connectivity index (χ1) is 9.06. The fourth-order valence-corrected chi connectivity index (χ4v) is 2.29. The van der Waals surface area contributed by atoms with Crippen LogP contribution < -0.4 is 5.32 Å². The summed E-state index contributed by atoms with van der Waals surface area (Å²) in [4.78, 5) is 14.1. The van der Waals surface area contributed by atoms with Gasteiger partial charge in [0.25, 0.3) is 5.91 Å². The Bertz CT molecular complexity index is 457. The molecule has 1 heterocycles. The second kappa shape index (κ2) is 6.02. The minimum absolute atomic E-state index is 0.00655. The lowest BCUT2D eigenvalue weighted by Crippen LogP contribution is -2.36. The van der Waals surface area contributed by atoms with E-state index in [1.807, 2.05) is 0 Å². The summed E-state index contributed by atoms with van der Waals surface area (Å²) in [6.45, 7) is 2.64. The maximum Gasteiger partial charge on any atom is 0.255 e. The summed E-state index contributed by atoms with van der Waals surface area (Å²) in [7, 11) is 2.08. The van der Waals surface area contributed by atoms with Gasteiger partial charge in [0.2, 0.25) is 0 Å². The van der Waals surface area contributed by atoms with Crippen molar-refractivity contribution in [3.05, 3.63) is 29.6 Å². The molecule has 0 unspecified atom stereocenters. The van der Waals surface area contributed by atoms with Crippen LogP contribution in [0.1, 0.15) is 23.2 Å². The zero-order valence-corrected chi connectivity index (χ0v) is 11.0. The average molecular weight is 266 g/mol. The van der Waals surface area contributed by atoms with Crippen molar-refractivity contribution >= 4 is 5.91 Å². The third kappa shape index (κ3) is 3.67. The number of amides is 1. The summed E-state index contributed by atoms with van der Waals surface area (Å²) < 4.78 is 13.0. The molecule has 1 fully saturated rings. The normalized spacial score (nSPS) is 17.4. The van der Waals surface area contributed by atoms with Crippen molar-refractivity contribution in [2.75, 3.05) is 26.7 Å². The number of nitrogens with one attached hydrogen (secondary N) is 1. The van der Waals surface area contributed by atoms with Gasteiger partial charge >= 0.3 is 0 Å². The maximum atomic E-state index is 13.0. The van der Waals surface area contributed by atoms with Gasteiger partial charge in [-0.2, -0.15) is 0 Å². The molecule has 1 aromatic rings. The van der Waals surface area contributed by atoms with E-state index in [4.69, 9.17) is 0 Å². The van der Waals surface area contributed by atoms with Crippen molar-refractivity contribution in [2.45, 2.75) is 12.8 Å². The Hall–Kier alpha value is -1.62. The van der Waals surface area contributed by atoms with Crippen LogP contribution in [0.15, 0.2) is 18.2 Å². The molecule has 1 aliphatic rings. The number of piperidine rings is 1. The van der Waals surface area contributed by atoms with Crippen LogP contribution in [-0.2, 0) is 0 Å². The predicted octanol–water partition coefficient (Wildman–Crippen LogP) is 1.60. The van der Waals surface area contributed by atoms with Gasteiger partial charge in [-0.25, -0.2) is 4.39 Å². The Morgan fingerprint density at radius 2 is 2.16 bits per heavy atom. The lowest BCUT2D eigenvalue weighted by Gasteiger charge is -2.28. The first kappa shape index (κ1) is 13.8. The van der Waals surface area contributed by atoms with Gasteiger partial charge in [-0.15, -0.1) is 0 Å². The van der Waals surface area contributed by atoms with Gasteiger partial charge in [0, 0.05) is 6.54 Å². The molecule has 0 aromatic heterocycles. The molecule has 104 valence electrons. The number of aromatic hydroxyl groups is 1. The number of carbonyl (C=O) groups excluding carboxylic acids is 1. The zero-order chi connectivity index (χ0) is 13.8. The number of phenols is 1. The van der Waals surface area contributed by atoms with Crippen molar-refractivity contribution in [1.29, 1.82) is 0 Å². The van der Waals surface area contributed by atoms with Crippen LogP contribution in [0.5, 0.6) is 5.75 Å². The Kier molecular flexibility index (Phi) is 4.37. The van der Waals surface area contributed by atoms with Gasteiger partial charge < -0.3 is 15.3 Å². The van der Waals surface area contributed by atoms with Gasteiger partial charge in [-0.05, 0) is 57.1 Å². The van der Waals surface area contributed by atoms with Crippen LogP contribution in [0.3, 0.4) is 0 Å². The molecule has 0 bridgehead atoms. The van der Waals surface area contributed by atoms with E-state index in [1.165, 1.54) is 6.07 Å². The van der Waals surface area contributed by atoms with Gasteiger partial charge in [0.1, 0.15) is 11.6 Å². The predicted molar refractivity (Wildman–Crippen MR) is 70.6 cm³/mol. The summed E-state index contributed by atoms with van der Waals surface area (Å²) >= 11 is 0. The molecule has 0 saturated carbocycles. The minimum Gasteiger partial charge on any atom is -0.507 e. The molecule has 2 N–H and O–H groups in total. The van der Waals surface area contributed by atoms with Crippen LogP contribution >= 0.6 is 0 Å². The second-order valence-electron chi connectivity index (χ2n) is 5.12. The number of phenolic OH excluding ortho intramolecular Hbond substituents is 1. The van der Waals surface area contributed by atoms with Crippen molar-refractivity contribution < 1.29 is 14.3 Å². The summed E-state index contributed by atoms with van der Waals surface area (Å²) in [5.41, 5.74) is -0.00655. The molecule has 0 spiro atoms. The monoisotopic (exact) mass is 266 g/mol. The summed E-state index contributed by atoms with van der Waals surface area (Å²) in [5, 5.41) is 12.3. The Labute approximate surface area is 112 Å². The SMILES string of the molecule is CN1CCC(CNC(=O)c2cc(F)ccc2O)CC1. The van der Waals surface area contributed by atoms with E-state index in [0.717, 1.165) is 38.1 Å². The minimum atomic E-state index is -0.526. The van der Waals surface area contributed by atoms with Crippen molar-refractivity contribution in [1.82, 2.24) is 10.2 Å². The van der Waals surface area contributed by atoms with E-state index in [-0.39, 0.29) is 11.3 Å². The molecule has 5 heteroatoms. The van der Waals surface area contributed by atoms with E-state index < -0.39 is 11.7 Å². The lowest BCUT2D eigenvalue weighted by molar-refractivity contribution is 0.0936. The largest absolute Gasteiger partial charge is 0.507 e. The summed E-state index contributed by atoms with van der Waals surface area (Å²) in [6, 6.07) is 3.38. The van der Waals surface area contributed by atoms with Crippen LogP contribution in [-0.4, -0.2) is 42.6 Å². The van der Waals surface area contributed by atoms with Crippen molar-refractivity contribution in [2.24, 2.45) is 5.92 Å². The Morgan fingerprint density at radius 1 is 1.47 bits per heavy atom. The highest BCUT2D eigenvalue weighted by Gasteiger charge is 2.18. The number of rotatable bonds is 3. The summed E-state index contributed by atoms with van der Waals surface area (Å²) in [6.07, 6.45) is 2.10. The fourth-order valence-electron chi connectivity index (χ4n) is 2.29. The molecule has 2 rings (SSSR count). The highest BCUT2D eigenvalue weighted by molar-refractivity contribution is 5.96. The molecule has 4 nitrogen and oxygen atoms in total. The highest BCUT2D eigenvalue weighted by Crippen LogP contribution is 2.19. The van der Waals surface area contributed by atoms with E-state index in [2.05, 4.69) is 17.3 Å². The number of likely N-dealkylation sites (tertiary alicyclic amines) is 1. The number of hydrogen-bond acceptors (Lipinski definition) is 3. The molecular weight excluding hydrogens is 247 g/mol. The number of hydrogen-bond donors (Lipinski definition) is 2. The molecule has 1 saturated heterocycles. The van der Waals surface area contributed by atoms with Crippen LogP contribution in [0.2, 0.25) is 0 Å². The number of halogens is 1. The Morgan fingerprint density at radius 3 is 2.84 bits per heavy atom. The highest BCUT2D eigenvalue weighted by atomic mass is 19.1. The van der Waals surface area contributed by atoms with Crippen molar-refractivity contribution in [3.63, 3.8) is 0 Å². The van der Waals surface area contributed by atoms with E-state index in [0.29, 0.717) is 12.5 Å². The van der Waals surface area contributed by atoms with E-state index in [1.54, 1.807) is 0 Å². The summed E-state index contributed by atoms with van der Waals surface area (Å²) in [5.74, 6) is -0.684. The maximum absolute atomic E-state index is 13.0. The van der Waals surface area contributed by atoms with Gasteiger partial charge in [0.15, 0.2) is 0 Å². The van der Waals surface area contributed by atoms with Gasteiger partial charge in [-0.3, -0.25) is 4.79 Å². The smallest absolute Gasteiger partial charge is 0.255 e. The number of benzene rings is 1. The number of nitrogens with zero attached hydrogens (tertiary/aromatic N) is 1. The molecule has 1 amide bonds. The third-order valence-corrected chi connectivity index (χ3v) is 3.59. The first-order valence-corrected chi connectivity index (χ1v) is 6.51. The number of carbonyl (C=O) groups is 1. The standard InChI is InChI=1S/C14H19FN2O2/c1-17-6-4-10(5-7-17)9-16-14(19)12-8-11(15)2-3-13(12)18/h2-3,8,10,18H,4-7,9H2,1H3,(H,16,19). The quantitative estimate of drug-likeness (QED) is 0.874. The van der Waals surface area contributed by atoms with Crippen LogP contribution in [0.25, 0.3) is 0 Å². The molecular formula is C14H19FN2O2. The Balaban J connectivity index is 1.89. The second-order valence-corrected chi connectivity index (χ2v) is 5.12. The molecule has 1 aliphatic heterocycles. The molecule has 19 heavy (non-hydrogen) atoms. The average Bonchev–Trinajstić information content (AvgIpc) is 2.40. The van der Waals surface area contributed by atoms with Gasteiger partial charge in [-0.1, -0.05) is 0 Å². The molecule has 0 radical (unpaired) electrons. The van der Waals surface area contributed by atoms with Crippen molar-refractivity contribution in [3.8, 4) is 5.75 Å². The van der Waals surface area contributed by atoms with Crippen LogP contribution in [0.4, 0.5) is 4.39 Å². The molecule has 0 atom stereocenters. The topological polar surface area (TPSA) is 52.6 Å². The third-order valence-electron chi connectivity index (χ3n) is 3.59. The van der Waals surface area contributed by atoms with E-state index >= 15 is 0 Å². The van der Waals surface area contributed by atoms with Crippen LogP contribution in [0, 0.1) is 11.7 Å². The van der Waals surface area contributed by atoms with Gasteiger partial charge in [0.05, 0.1) is 5.56 Å².